The van der Waals surface area contributed by atoms with E-state index in [1.54, 1.807) is 6.92 Å². The number of aromatic nitrogens is 3. The molecule has 1 amide bonds. The molecular weight excluding hydrogens is 277 g/mol. The van der Waals surface area contributed by atoms with Gasteiger partial charge in [-0.1, -0.05) is 0 Å². The van der Waals surface area contributed by atoms with Gasteiger partial charge in [0.05, 0.1) is 0 Å². The quantitative estimate of drug-likeness (QED) is 0.915. The Hall–Kier alpha value is -1.14. The smallest absolute Gasteiger partial charge is 0.244 e. The van der Waals surface area contributed by atoms with Crippen LogP contribution in [0.5, 0.6) is 0 Å². The number of nitrogens with zero attached hydrogens (tertiary/aromatic N) is 4. The van der Waals surface area contributed by atoms with Crippen LogP contribution in [0.2, 0.25) is 10.6 Å². The number of hydrogen-bond acceptors (Lipinski definition) is 5. The van der Waals surface area contributed by atoms with Gasteiger partial charge >= 0.3 is 0 Å². The number of amides is 1. The molecule has 0 aliphatic carbocycles. The minimum atomic E-state index is -0.419. The first-order valence-corrected chi connectivity index (χ1v) is 6.44. The molecule has 1 aromatic rings. The molecule has 1 N–H and O–H groups in total. The first kappa shape index (κ1) is 13.3. The molecule has 1 unspecified atom stereocenters. The van der Waals surface area contributed by atoms with Crippen molar-refractivity contribution in [1.82, 2.24) is 19.9 Å². The molecule has 8 heteroatoms. The molecule has 98 valence electrons. The van der Waals surface area contributed by atoms with Crippen LogP contribution in [0.25, 0.3) is 0 Å². The van der Waals surface area contributed by atoms with E-state index in [1.807, 2.05) is 4.90 Å². The first-order chi connectivity index (χ1) is 8.56. The fourth-order valence-electron chi connectivity index (χ4n) is 1.86. The van der Waals surface area contributed by atoms with E-state index in [4.69, 9.17) is 23.2 Å². The van der Waals surface area contributed by atoms with Crippen molar-refractivity contribution in [3.8, 4) is 0 Å². The van der Waals surface area contributed by atoms with E-state index in [0.29, 0.717) is 0 Å². The predicted octanol–water partition coefficient (Wildman–Crippen LogP) is 1.60. The Morgan fingerprint density at radius 3 is 2.33 bits per heavy atom. The number of rotatable bonds is 3. The van der Waals surface area contributed by atoms with Crippen molar-refractivity contribution in [3.63, 3.8) is 0 Å². The van der Waals surface area contributed by atoms with E-state index in [0.717, 1.165) is 25.9 Å². The second kappa shape index (κ2) is 5.67. The van der Waals surface area contributed by atoms with E-state index in [2.05, 4.69) is 20.3 Å². The maximum Gasteiger partial charge on any atom is 0.244 e. The molecule has 6 nitrogen and oxygen atoms in total. The van der Waals surface area contributed by atoms with Crippen LogP contribution >= 0.6 is 23.2 Å². The highest BCUT2D eigenvalue weighted by atomic mass is 35.5. The van der Waals surface area contributed by atoms with Crippen LogP contribution in [-0.2, 0) is 4.79 Å². The number of carbonyl (C=O) groups excluding carboxylic acids is 1. The van der Waals surface area contributed by atoms with E-state index < -0.39 is 6.04 Å². The maximum atomic E-state index is 12.0. The van der Waals surface area contributed by atoms with Gasteiger partial charge in [0.25, 0.3) is 0 Å². The van der Waals surface area contributed by atoms with Crippen molar-refractivity contribution < 1.29 is 4.79 Å². The molecule has 1 aromatic heterocycles. The van der Waals surface area contributed by atoms with Crippen LogP contribution in [0, 0.1) is 0 Å². The third-order valence-corrected chi connectivity index (χ3v) is 3.05. The van der Waals surface area contributed by atoms with Gasteiger partial charge in [-0.25, -0.2) is 0 Å². The van der Waals surface area contributed by atoms with Crippen LogP contribution < -0.4 is 5.32 Å². The summed E-state index contributed by atoms with van der Waals surface area (Å²) in [6.45, 7) is 3.37. The van der Waals surface area contributed by atoms with Gasteiger partial charge in [0.15, 0.2) is 0 Å². The van der Waals surface area contributed by atoms with Gasteiger partial charge in [0.1, 0.15) is 6.04 Å². The molecule has 2 rings (SSSR count). The van der Waals surface area contributed by atoms with Gasteiger partial charge in [-0.2, -0.15) is 15.0 Å². The normalized spacial score (nSPS) is 16.7. The van der Waals surface area contributed by atoms with E-state index in [1.165, 1.54) is 0 Å². The van der Waals surface area contributed by atoms with Gasteiger partial charge < -0.3 is 10.2 Å². The maximum absolute atomic E-state index is 12.0. The number of halogens is 2. The van der Waals surface area contributed by atoms with Crippen LogP contribution in [0.1, 0.15) is 19.8 Å². The molecular formula is C10H13Cl2N5O. The van der Waals surface area contributed by atoms with Gasteiger partial charge in [0, 0.05) is 13.1 Å². The molecule has 0 aromatic carbocycles. The lowest BCUT2D eigenvalue weighted by Crippen LogP contribution is -2.40. The first-order valence-electron chi connectivity index (χ1n) is 5.68. The Morgan fingerprint density at radius 1 is 1.22 bits per heavy atom. The molecule has 1 atom stereocenters. The Labute approximate surface area is 115 Å². The molecule has 1 aliphatic heterocycles. The standard InChI is InChI=1S/C10H13Cl2N5O/c1-6(7(18)17-4-2-3-5-17)13-10-15-8(11)14-9(12)16-10/h6H,2-5H2,1H3,(H,13,14,15,16). The van der Waals surface area contributed by atoms with E-state index in [9.17, 15) is 4.79 Å². The van der Waals surface area contributed by atoms with Gasteiger partial charge in [-0.15, -0.1) is 0 Å². The average Bonchev–Trinajstić information content (AvgIpc) is 2.79. The molecule has 1 fully saturated rings. The topological polar surface area (TPSA) is 71.0 Å². The number of anilines is 1. The zero-order valence-electron chi connectivity index (χ0n) is 9.86. The Balaban J connectivity index is 2.01. The molecule has 0 spiro atoms. The molecule has 2 heterocycles. The lowest BCUT2D eigenvalue weighted by Gasteiger charge is -2.20. The summed E-state index contributed by atoms with van der Waals surface area (Å²) in [6, 6.07) is -0.419. The van der Waals surface area contributed by atoms with Crippen LogP contribution in [-0.4, -0.2) is 44.9 Å². The summed E-state index contributed by atoms with van der Waals surface area (Å²) in [5.74, 6) is 0.236. The lowest BCUT2D eigenvalue weighted by molar-refractivity contribution is -0.130. The summed E-state index contributed by atoms with van der Waals surface area (Å²) in [4.78, 5) is 25.2. The fourth-order valence-corrected chi connectivity index (χ4v) is 2.22. The second-order valence-electron chi connectivity index (χ2n) is 4.10. The fraction of sp³-hybridized carbons (Fsp3) is 0.600. The minimum absolute atomic E-state index is 0.00155. The predicted molar refractivity (Wildman–Crippen MR) is 68.7 cm³/mol. The van der Waals surface area contributed by atoms with Crippen LogP contribution in [0.3, 0.4) is 0 Å². The van der Waals surface area contributed by atoms with Crippen molar-refractivity contribution in [3.05, 3.63) is 10.6 Å². The molecule has 0 saturated carbocycles. The van der Waals surface area contributed by atoms with Crippen molar-refractivity contribution in [2.45, 2.75) is 25.8 Å². The summed E-state index contributed by atoms with van der Waals surface area (Å²) < 4.78 is 0. The average molecular weight is 290 g/mol. The lowest BCUT2D eigenvalue weighted by atomic mass is 10.3. The minimum Gasteiger partial charge on any atom is -0.343 e. The number of nitrogens with one attached hydrogen (secondary N) is 1. The highest BCUT2D eigenvalue weighted by Crippen LogP contribution is 2.13. The molecule has 1 saturated heterocycles. The number of hydrogen-bond donors (Lipinski definition) is 1. The Morgan fingerprint density at radius 2 is 1.78 bits per heavy atom. The zero-order chi connectivity index (χ0) is 13.1. The summed E-state index contributed by atoms with van der Waals surface area (Å²) in [7, 11) is 0. The van der Waals surface area contributed by atoms with Crippen LogP contribution in [0.4, 0.5) is 5.95 Å². The third-order valence-electron chi connectivity index (χ3n) is 2.71. The SMILES string of the molecule is CC(Nc1nc(Cl)nc(Cl)n1)C(=O)N1CCCC1. The largest absolute Gasteiger partial charge is 0.343 e. The van der Waals surface area contributed by atoms with Gasteiger partial charge in [-0.05, 0) is 43.0 Å². The summed E-state index contributed by atoms with van der Waals surface area (Å²) >= 11 is 11.3. The van der Waals surface area contributed by atoms with Crippen molar-refractivity contribution in [1.29, 1.82) is 0 Å². The molecule has 1 aliphatic rings. The van der Waals surface area contributed by atoms with Gasteiger partial charge in [-0.3, -0.25) is 4.79 Å². The van der Waals surface area contributed by atoms with Crippen molar-refractivity contribution in [2.24, 2.45) is 0 Å². The second-order valence-corrected chi connectivity index (χ2v) is 4.77. The monoisotopic (exact) mass is 289 g/mol. The van der Waals surface area contributed by atoms with E-state index >= 15 is 0 Å². The highest BCUT2D eigenvalue weighted by Gasteiger charge is 2.23. The van der Waals surface area contributed by atoms with E-state index in [-0.39, 0.29) is 22.4 Å². The Kier molecular flexibility index (Phi) is 4.19. The van der Waals surface area contributed by atoms with Gasteiger partial charge in [0.2, 0.25) is 22.4 Å². The zero-order valence-corrected chi connectivity index (χ0v) is 11.4. The number of carbonyl (C=O) groups is 1. The van der Waals surface area contributed by atoms with Crippen LogP contribution in [0.15, 0.2) is 0 Å². The molecule has 18 heavy (non-hydrogen) atoms. The summed E-state index contributed by atoms with van der Waals surface area (Å²) in [6.07, 6.45) is 2.11. The number of likely N-dealkylation sites (tertiary alicyclic amines) is 1. The van der Waals surface area contributed by atoms with Crippen molar-refractivity contribution >= 4 is 35.1 Å². The van der Waals surface area contributed by atoms with Crippen molar-refractivity contribution in [2.75, 3.05) is 18.4 Å². The highest BCUT2D eigenvalue weighted by molar-refractivity contribution is 6.31. The Bertz CT molecular complexity index is 430. The molecule has 0 bridgehead atoms. The third kappa shape index (κ3) is 3.20. The summed E-state index contributed by atoms with van der Waals surface area (Å²) in [5, 5.41) is 2.87. The summed E-state index contributed by atoms with van der Waals surface area (Å²) in [5.41, 5.74) is 0. The molecule has 0 radical (unpaired) electrons.